The minimum Gasteiger partial charge on any atom is -0.457 e. The largest absolute Gasteiger partial charge is 0.457 e. The number of rotatable bonds is 2. The fraction of sp³-hybridized carbons (Fsp3) is 0.857. The van der Waals surface area contributed by atoms with Gasteiger partial charge in [-0.2, -0.15) is 0 Å². The van der Waals surface area contributed by atoms with Crippen molar-refractivity contribution in [2.75, 3.05) is 6.61 Å². The van der Waals surface area contributed by atoms with E-state index in [1.54, 1.807) is 0 Å². The Morgan fingerprint density at radius 3 is 2.69 bits per heavy atom. The lowest BCUT2D eigenvalue weighted by atomic mass is 9.98. The van der Waals surface area contributed by atoms with E-state index >= 15 is 0 Å². The summed E-state index contributed by atoms with van der Waals surface area (Å²) < 4.78 is 4.56. The number of cyclic esters (lactones) is 1. The van der Waals surface area contributed by atoms with Crippen molar-refractivity contribution in [3.8, 4) is 0 Å². The predicted molar refractivity (Wildman–Crippen MR) is 39.6 cm³/mol. The second kappa shape index (κ2) is 4.01. The number of hydrogen-bond donors (Lipinski definition) is 4. The highest BCUT2D eigenvalue weighted by Gasteiger charge is 2.40. The van der Waals surface area contributed by atoms with Gasteiger partial charge in [-0.15, -0.1) is 0 Å². The summed E-state index contributed by atoms with van der Waals surface area (Å²) in [6.45, 7) is -0.637. The number of carbonyl (C=O) groups excluding carboxylic acids is 1. The number of carbonyl (C=O) groups is 1. The summed E-state index contributed by atoms with van der Waals surface area (Å²) >= 11 is 0. The molecule has 0 aromatic carbocycles. The second-order valence-electron chi connectivity index (χ2n) is 2.97. The van der Waals surface area contributed by atoms with E-state index in [4.69, 9.17) is 15.3 Å². The Bertz CT molecular complexity index is 193. The van der Waals surface area contributed by atoms with Crippen LogP contribution >= 0.6 is 0 Å². The van der Waals surface area contributed by atoms with Crippen molar-refractivity contribution in [1.29, 1.82) is 0 Å². The molecule has 4 unspecified atom stereocenters. The number of aliphatic hydroxyl groups is 4. The number of aliphatic hydroxyl groups excluding tert-OH is 4. The van der Waals surface area contributed by atoms with Crippen molar-refractivity contribution in [1.82, 2.24) is 0 Å². The van der Waals surface area contributed by atoms with Gasteiger partial charge in [0, 0.05) is 0 Å². The van der Waals surface area contributed by atoms with Crippen molar-refractivity contribution >= 4 is 5.97 Å². The molecule has 0 aromatic rings. The molecule has 1 aliphatic heterocycles. The average Bonchev–Trinajstić information content (AvgIpc) is 2.10. The van der Waals surface area contributed by atoms with Crippen LogP contribution in [0.5, 0.6) is 0 Å². The monoisotopic (exact) mass is 192 g/mol. The van der Waals surface area contributed by atoms with Crippen LogP contribution in [-0.4, -0.2) is 57.4 Å². The van der Waals surface area contributed by atoms with Gasteiger partial charge in [-0.3, -0.25) is 4.79 Å². The van der Waals surface area contributed by atoms with E-state index in [0.29, 0.717) is 0 Å². The molecule has 0 bridgehead atoms. The van der Waals surface area contributed by atoms with Gasteiger partial charge in [0.2, 0.25) is 0 Å². The van der Waals surface area contributed by atoms with Crippen LogP contribution in [0.25, 0.3) is 0 Å². The quantitative estimate of drug-likeness (QED) is 0.357. The van der Waals surface area contributed by atoms with Crippen molar-refractivity contribution in [2.24, 2.45) is 0 Å². The standard InChI is InChI=1S/C7H12O6/c8-2-4(10)7-6(12)3(9)1-5(11)13-7/h3-4,6-10,12H,1-2H2. The molecule has 76 valence electrons. The van der Waals surface area contributed by atoms with E-state index in [1.807, 2.05) is 0 Å². The Morgan fingerprint density at radius 1 is 1.54 bits per heavy atom. The summed E-state index contributed by atoms with van der Waals surface area (Å²) in [6, 6.07) is 0. The van der Waals surface area contributed by atoms with Gasteiger partial charge in [-0.1, -0.05) is 0 Å². The van der Waals surface area contributed by atoms with Crippen LogP contribution < -0.4 is 0 Å². The molecule has 1 heterocycles. The van der Waals surface area contributed by atoms with Crippen LogP contribution in [0.1, 0.15) is 6.42 Å². The molecule has 0 amide bonds. The molecular formula is C7H12O6. The number of ether oxygens (including phenoxy) is 1. The molecule has 6 nitrogen and oxygen atoms in total. The van der Waals surface area contributed by atoms with Gasteiger partial charge < -0.3 is 25.2 Å². The van der Waals surface area contributed by atoms with E-state index in [1.165, 1.54) is 0 Å². The Hall–Kier alpha value is -0.690. The summed E-state index contributed by atoms with van der Waals surface area (Å²) in [4.78, 5) is 10.8. The first-order valence-corrected chi connectivity index (χ1v) is 3.90. The molecule has 0 radical (unpaired) electrons. The maximum absolute atomic E-state index is 10.8. The van der Waals surface area contributed by atoms with Crippen LogP contribution in [-0.2, 0) is 9.53 Å². The van der Waals surface area contributed by atoms with Crippen LogP contribution in [0, 0.1) is 0 Å². The van der Waals surface area contributed by atoms with Crippen LogP contribution in [0.2, 0.25) is 0 Å². The van der Waals surface area contributed by atoms with Crippen molar-refractivity contribution in [3.05, 3.63) is 0 Å². The summed E-state index contributed by atoms with van der Waals surface area (Å²) in [5.41, 5.74) is 0. The van der Waals surface area contributed by atoms with Gasteiger partial charge >= 0.3 is 5.97 Å². The van der Waals surface area contributed by atoms with Gasteiger partial charge in [0.05, 0.1) is 19.1 Å². The van der Waals surface area contributed by atoms with Gasteiger partial charge in [0.15, 0.2) is 6.10 Å². The molecule has 1 fully saturated rings. The smallest absolute Gasteiger partial charge is 0.308 e. The molecule has 13 heavy (non-hydrogen) atoms. The average molecular weight is 192 g/mol. The maximum Gasteiger partial charge on any atom is 0.308 e. The van der Waals surface area contributed by atoms with Crippen molar-refractivity contribution < 1.29 is 30.0 Å². The Kier molecular flexibility index (Phi) is 3.21. The van der Waals surface area contributed by atoms with Gasteiger partial charge in [0.1, 0.15) is 12.2 Å². The lowest BCUT2D eigenvalue weighted by molar-refractivity contribution is -0.194. The molecule has 1 saturated heterocycles. The van der Waals surface area contributed by atoms with E-state index < -0.39 is 37.0 Å². The van der Waals surface area contributed by atoms with E-state index in [-0.39, 0.29) is 6.42 Å². The summed E-state index contributed by atoms with van der Waals surface area (Å²) in [7, 11) is 0. The van der Waals surface area contributed by atoms with Crippen LogP contribution in [0.15, 0.2) is 0 Å². The third-order valence-corrected chi connectivity index (χ3v) is 1.94. The highest BCUT2D eigenvalue weighted by molar-refractivity contribution is 5.71. The van der Waals surface area contributed by atoms with Gasteiger partial charge in [0.25, 0.3) is 0 Å². The Morgan fingerprint density at radius 2 is 2.15 bits per heavy atom. The fourth-order valence-corrected chi connectivity index (χ4v) is 1.19. The van der Waals surface area contributed by atoms with Gasteiger partial charge in [-0.25, -0.2) is 0 Å². The lowest BCUT2D eigenvalue weighted by Crippen LogP contribution is -2.52. The van der Waals surface area contributed by atoms with Gasteiger partial charge in [-0.05, 0) is 0 Å². The molecular weight excluding hydrogens is 180 g/mol. The molecule has 6 heteroatoms. The number of hydrogen-bond acceptors (Lipinski definition) is 6. The minimum atomic E-state index is -1.37. The summed E-state index contributed by atoms with van der Waals surface area (Å²) in [6.07, 6.45) is -5.50. The zero-order valence-electron chi connectivity index (χ0n) is 6.83. The molecule has 1 aliphatic rings. The van der Waals surface area contributed by atoms with Crippen molar-refractivity contribution in [2.45, 2.75) is 30.8 Å². The topological polar surface area (TPSA) is 107 Å². The highest BCUT2D eigenvalue weighted by atomic mass is 16.6. The fourth-order valence-electron chi connectivity index (χ4n) is 1.19. The lowest BCUT2D eigenvalue weighted by Gasteiger charge is -2.33. The zero-order valence-corrected chi connectivity index (χ0v) is 6.83. The number of esters is 1. The molecule has 4 atom stereocenters. The van der Waals surface area contributed by atoms with E-state index in [2.05, 4.69) is 4.74 Å². The summed E-state index contributed by atoms with van der Waals surface area (Å²) in [5, 5.41) is 36.0. The van der Waals surface area contributed by atoms with E-state index in [0.717, 1.165) is 0 Å². The molecule has 0 saturated carbocycles. The molecule has 1 rings (SSSR count). The Balaban J connectivity index is 2.65. The highest BCUT2D eigenvalue weighted by Crippen LogP contribution is 2.18. The predicted octanol–water partition coefficient (Wildman–Crippen LogP) is -2.62. The minimum absolute atomic E-state index is 0.296. The third-order valence-electron chi connectivity index (χ3n) is 1.94. The first kappa shape index (κ1) is 10.4. The van der Waals surface area contributed by atoms with E-state index in [9.17, 15) is 9.90 Å². The molecule has 0 aromatic heterocycles. The van der Waals surface area contributed by atoms with Crippen molar-refractivity contribution in [3.63, 3.8) is 0 Å². The first-order valence-electron chi connectivity index (χ1n) is 3.90. The third kappa shape index (κ3) is 2.16. The van der Waals surface area contributed by atoms with Crippen LogP contribution in [0.3, 0.4) is 0 Å². The normalized spacial score (nSPS) is 36.9. The SMILES string of the molecule is O=C1CC(O)C(O)C(C(O)CO)O1. The first-order chi connectivity index (χ1) is 6.06. The summed E-state index contributed by atoms with van der Waals surface area (Å²) in [5.74, 6) is -0.699. The second-order valence-corrected chi connectivity index (χ2v) is 2.97. The molecule has 4 N–H and O–H groups in total. The maximum atomic E-state index is 10.8. The molecule has 0 spiro atoms. The Labute approximate surface area is 74.4 Å². The zero-order chi connectivity index (χ0) is 10.0. The molecule has 0 aliphatic carbocycles. The van der Waals surface area contributed by atoms with Crippen LogP contribution in [0.4, 0.5) is 0 Å².